The van der Waals surface area contributed by atoms with E-state index in [4.69, 9.17) is 0 Å². The SMILES string of the molecule is Cc1ccc(NC(=O)C2CC2C(=O)NC(C)c2ccccc2)cc1. The van der Waals surface area contributed by atoms with Crippen LogP contribution in [0, 0.1) is 18.8 Å². The number of hydrogen-bond acceptors (Lipinski definition) is 2. The van der Waals surface area contributed by atoms with E-state index in [-0.39, 0.29) is 29.7 Å². The van der Waals surface area contributed by atoms with Gasteiger partial charge < -0.3 is 10.6 Å². The highest BCUT2D eigenvalue weighted by molar-refractivity contribution is 5.99. The molecular formula is C20H22N2O2. The molecule has 0 heterocycles. The van der Waals surface area contributed by atoms with Crippen molar-refractivity contribution in [3.8, 4) is 0 Å². The fourth-order valence-corrected chi connectivity index (χ4v) is 2.79. The Morgan fingerprint density at radius 1 is 0.958 bits per heavy atom. The molecule has 0 bridgehead atoms. The van der Waals surface area contributed by atoms with Gasteiger partial charge in [-0.2, -0.15) is 0 Å². The van der Waals surface area contributed by atoms with E-state index in [9.17, 15) is 9.59 Å². The molecule has 3 rings (SSSR count). The molecule has 24 heavy (non-hydrogen) atoms. The molecule has 1 aliphatic carbocycles. The molecule has 2 aromatic rings. The van der Waals surface area contributed by atoms with Crippen molar-refractivity contribution in [1.82, 2.24) is 5.32 Å². The molecule has 2 N–H and O–H groups in total. The first-order valence-electron chi connectivity index (χ1n) is 8.27. The maximum Gasteiger partial charge on any atom is 0.228 e. The van der Waals surface area contributed by atoms with Gasteiger partial charge in [0.25, 0.3) is 0 Å². The minimum atomic E-state index is -0.228. The molecular weight excluding hydrogens is 300 g/mol. The summed E-state index contributed by atoms with van der Waals surface area (Å²) in [6, 6.07) is 17.4. The Balaban J connectivity index is 1.51. The van der Waals surface area contributed by atoms with Crippen molar-refractivity contribution in [2.45, 2.75) is 26.3 Å². The van der Waals surface area contributed by atoms with Crippen molar-refractivity contribution in [2.24, 2.45) is 11.8 Å². The molecule has 2 aromatic carbocycles. The normalized spacial score (nSPS) is 20.1. The van der Waals surface area contributed by atoms with E-state index in [1.54, 1.807) is 0 Å². The van der Waals surface area contributed by atoms with Gasteiger partial charge in [-0.15, -0.1) is 0 Å². The van der Waals surface area contributed by atoms with Crippen molar-refractivity contribution in [1.29, 1.82) is 0 Å². The number of hydrogen-bond donors (Lipinski definition) is 2. The first-order valence-corrected chi connectivity index (χ1v) is 8.27. The first-order chi connectivity index (χ1) is 11.5. The van der Waals surface area contributed by atoms with Crippen molar-refractivity contribution >= 4 is 17.5 Å². The number of carbonyl (C=O) groups excluding carboxylic acids is 2. The summed E-state index contributed by atoms with van der Waals surface area (Å²) in [5, 5.41) is 5.88. The van der Waals surface area contributed by atoms with Gasteiger partial charge in [0.15, 0.2) is 0 Å². The van der Waals surface area contributed by atoms with Gasteiger partial charge >= 0.3 is 0 Å². The Morgan fingerprint density at radius 3 is 2.25 bits per heavy atom. The molecule has 0 aliphatic heterocycles. The van der Waals surface area contributed by atoms with Crippen LogP contribution in [-0.2, 0) is 9.59 Å². The van der Waals surface area contributed by atoms with Crippen molar-refractivity contribution in [3.05, 3.63) is 65.7 Å². The van der Waals surface area contributed by atoms with Crippen LogP contribution in [0.25, 0.3) is 0 Å². The molecule has 2 amide bonds. The van der Waals surface area contributed by atoms with Crippen LogP contribution in [0.3, 0.4) is 0 Å². The second-order valence-electron chi connectivity index (χ2n) is 6.44. The topological polar surface area (TPSA) is 58.2 Å². The van der Waals surface area contributed by atoms with Crippen LogP contribution < -0.4 is 10.6 Å². The predicted molar refractivity (Wildman–Crippen MR) is 94.4 cm³/mol. The summed E-state index contributed by atoms with van der Waals surface area (Å²) in [5.41, 5.74) is 2.98. The van der Waals surface area contributed by atoms with Gasteiger partial charge in [-0.3, -0.25) is 9.59 Å². The third kappa shape index (κ3) is 3.82. The number of carbonyl (C=O) groups is 2. The van der Waals surface area contributed by atoms with Crippen LogP contribution in [0.15, 0.2) is 54.6 Å². The molecule has 0 aromatic heterocycles. The zero-order valence-corrected chi connectivity index (χ0v) is 14.0. The highest BCUT2D eigenvalue weighted by Crippen LogP contribution is 2.40. The van der Waals surface area contributed by atoms with Crippen LogP contribution in [-0.4, -0.2) is 11.8 Å². The van der Waals surface area contributed by atoms with E-state index in [1.165, 1.54) is 0 Å². The van der Waals surface area contributed by atoms with Gasteiger partial charge in [0.1, 0.15) is 0 Å². The molecule has 0 saturated heterocycles. The molecule has 4 heteroatoms. The van der Waals surface area contributed by atoms with Gasteiger partial charge in [-0.1, -0.05) is 48.0 Å². The maximum atomic E-state index is 12.3. The summed E-state index contributed by atoms with van der Waals surface area (Å²) < 4.78 is 0. The van der Waals surface area contributed by atoms with Crippen molar-refractivity contribution in [3.63, 3.8) is 0 Å². The average molecular weight is 322 g/mol. The molecule has 0 radical (unpaired) electrons. The summed E-state index contributed by atoms with van der Waals surface area (Å²) >= 11 is 0. The molecule has 1 fully saturated rings. The van der Waals surface area contributed by atoms with Gasteiger partial charge in [0, 0.05) is 5.69 Å². The fraction of sp³-hybridized carbons (Fsp3) is 0.300. The monoisotopic (exact) mass is 322 g/mol. The Hall–Kier alpha value is -2.62. The van der Waals surface area contributed by atoms with E-state index < -0.39 is 0 Å². The number of rotatable bonds is 5. The molecule has 124 valence electrons. The number of nitrogens with one attached hydrogen (secondary N) is 2. The molecule has 4 nitrogen and oxygen atoms in total. The number of anilines is 1. The lowest BCUT2D eigenvalue weighted by Gasteiger charge is -2.14. The predicted octanol–water partition coefficient (Wildman–Crippen LogP) is 3.45. The highest BCUT2D eigenvalue weighted by atomic mass is 16.2. The Bertz CT molecular complexity index is 725. The second kappa shape index (κ2) is 6.87. The van der Waals surface area contributed by atoms with E-state index in [2.05, 4.69) is 10.6 Å². The Morgan fingerprint density at radius 2 is 1.58 bits per heavy atom. The number of benzene rings is 2. The van der Waals surface area contributed by atoms with Gasteiger partial charge in [-0.05, 0) is 38.0 Å². The third-order valence-electron chi connectivity index (χ3n) is 4.44. The molecule has 1 saturated carbocycles. The lowest BCUT2D eigenvalue weighted by atomic mass is 10.1. The fourth-order valence-electron chi connectivity index (χ4n) is 2.79. The van der Waals surface area contributed by atoms with Gasteiger partial charge in [0.05, 0.1) is 17.9 Å². The quantitative estimate of drug-likeness (QED) is 0.886. The van der Waals surface area contributed by atoms with Crippen LogP contribution in [0.1, 0.15) is 30.5 Å². The highest BCUT2D eigenvalue weighted by Gasteiger charge is 2.48. The zero-order valence-electron chi connectivity index (χ0n) is 14.0. The van der Waals surface area contributed by atoms with E-state index in [0.717, 1.165) is 16.8 Å². The molecule has 1 aliphatic rings. The number of aryl methyl sites for hydroxylation is 1. The summed E-state index contributed by atoms with van der Waals surface area (Å²) in [7, 11) is 0. The summed E-state index contributed by atoms with van der Waals surface area (Å²) in [4.78, 5) is 24.5. The van der Waals surface area contributed by atoms with Crippen LogP contribution in [0.4, 0.5) is 5.69 Å². The average Bonchev–Trinajstić information content (AvgIpc) is 3.38. The van der Waals surface area contributed by atoms with E-state index >= 15 is 0 Å². The minimum Gasteiger partial charge on any atom is -0.349 e. The first kappa shape index (κ1) is 16.2. The maximum absolute atomic E-state index is 12.3. The Labute approximate surface area is 142 Å². The minimum absolute atomic E-state index is 0.0459. The zero-order chi connectivity index (χ0) is 17.1. The van der Waals surface area contributed by atoms with Crippen LogP contribution >= 0.6 is 0 Å². The van der Waals surface area contributed by atoms with Gasteiger partial charge in [0.2, 0.25) is 11.8 Å². The van der Waals surface area contributed by atoms with E-state index in [0.29, 0.717) is 6.42 Å². The second-order valence-corrected chi connectivity index (χ2v) is 6.44. The summed E-state index contributed by atoms with van der Waals surface area (Å²) in [6.07, 6.45) is 0.616. The van der Waals surface area contributed by atoms with Gasteiger partial charge in [-0.25, -0.2) is 0 Å². The van der Waals surface area contributed by atoms with Crippen LogP contribution in [0.5, 0.6) is 0 Å². The standard InChI is InChI=1S/C20H22N2O2/c1-13-8-10-16(11-9-13)22-20(24)18-12-17(18)19(23)21-14(2)15-6-4-3-5-7-15/h3-11,14,17-18H,12H2,1-2H3,(H,21,23)(H,22,24). The molecule has 3 atom stereocenters. The molecule has 3 unspecified atom stereocenters. The largest absolute Gasteiger partial charge is 0.349 e. The summed E-state index contributed by atoms with van der Waals surface area (Å²) in [6.45, 7) is 3.96. The summed E-state index contributed by atoms with van der Waals surface area (Å²) in [5.74, 6) is -0.572. The van der Waals surface area contributed by atoms with E-state index in [1.807, 2.05) is 68.4 Å². The number of amides is 2. The Kier molecular flexibility index (Phi) is 4.65. The van der Waals surface area contributed by atoms with Crippen LogP contribution in [0.2, 0.25) is 0 Å². The van der Waals surface area contributed by atoms with Crippen molar-refractivity contribution in [2.75, 3.05) is 5.32 Å². The lowest BCUT2D eigenvalue weighted by molar-refractivity contribution is -0.125. The third-order valence-corrected chi connectivity index (χ3v) is 4.44. The van der Waals surface area contributed by atoms with Crippen molar-refractivity contribution < 1.29 is 9.59 Å². The smallest absolute Gasteiger partial charge is 0.228 e. The molecule has 0 spiro atoms. The lowest BCUT2D eigenvalue weighted by Crippen LogP contribution is -2.29.